The van der Waals surface area contributed by atoms with Gasteiger partial charge in [0.2, 0.25) is 0 Å². The molecule has 15 heavy (non-hydrogen) atoms. The van der Waals surface area contributed by atoms with Crippen LogP contribution in [-0.2, 0) is 4.74 Å². The zero-order valence-corrected chi connectivity index (χ0v) is 10.4. The average molecular weight is 317 g/mol. The third kappa shape index (κ3) is 2.69. The number of nitrogens with zero attached hydrogens (tertiary/aromatic N) is 1. The molecule has 80 valence electrons. The second-order valence-electron chi connectivity index (χ2n) is 3.40. The molecule has 0 spiro atoms. The van der Waals surface area contributed by atoms with Crippen LogP contribution in [0.4, 0.5) is 0 Å². The summed E-state index contributed by atoms with van der Waals surface area (Å²) in [5, 5.41) is 0. The van der Waals surface area contributed by atoms with Crippen LogP contribution in [-0.4, -0.2) is 34.6 Å². The first-order chi connectivity index (χ1) is 7.27. The number of carbonyl (C=O) groups excluding carboxylic acids is 1. The molecule has 0 saturated carbocycles. The smallest absolute Gasteiger partial charge is 0.254 e. The molecule has 0 aromatic heterocycles. The number of amides is 1. The molecule has 1 fully saturated rings. The van der Waals surface area contributed by atoms with E-state index in [9.17, 15) is 4.79 Å². The van der Waals surface area contributed by atoms with Gasteiger partial charge in [-0.15, -0.1) is 0 Å². The zero-order valence-electron chi connectivity index (χ0n) is 8.23. The minimum absolute atomic E-state index is 0.0977. The molecule has 1 atom stereocenters. The third-order valence-corrected chi connectivity index (χ3v) is 3.09. The van der Waals surface area contributed by atoms with Crippen LogP contribution in [0.25, 0.3) is 0 Å². The highest BCUT2D eigenvalue weighted by Gasteiger charge is 2.22. The highest BCUT2D eigenvalue weighted by Crippen LogP contribution is 2.14. The van der Waals surface area contributed by atoms with E-state index in [4.69, 9.17) is 4.74 Å². The van der Waals surface area contributed by atoms with Gasteiger partial charge in [-0.1, -0.05) is 18.2 Å². The molecule has 0 aliphatic carbocycles. The SMILES string of the molecule is O=C(c1ccccc1)N1CCOC(I)C1. The van der Waals surface area contributed by atoms with Crippen LogP contribution in [0.2, 0.25) is 0 Å². The largest absolute Gasteiger partial charge is 0.364 e. The van der Waals surface area contributed by atoms with Crippen LogP contribution in [0.15, 0.2) is 30.3 Å². The maximum Gasteiger partial charge on any atom is 0.254 e. The normalized spacial score (nSPS) is 21.4. The summed E-state index contributed by atoms with van der Waals surface area (Å²) in [7, 11) is 0. The lowest BCUT2D eigenvalue weighted by Crippen LogP contribution is -2.43. The van der Waals surface area contributed by atoms with E-state index in [1.165, 1.54) is 0 Å². The number of rotatable bonds is 1. The molecular weight excluding hydrogens is 305 g/mol. The Labute approximate surface area is 103 Å². The van der Waals surface area contributed by atoms with Crippen molar-refractivity contribution in [3.05, 3.63) is 35.9 Å². The molecule has 1 aromatic carbocycles. The predicted octanol–water partition coefficient (Wildman–Crippen LogP) is 1.92. The van der Waals surface area contributed by atoms with Crippen molar-refractivity contribution in [1.82, 2.24) is 4.90 Å². The second kappa shape index (κ2) is 4.94. The van der Waals surface area contributed by atoms with Crippen molar-refractivity contribution in [3.63, 3.8) is 0 Å². The molecule has 0 radical (unpaired) electrons. The second-order valence-corrected chi connectivity index (χ2v) is 4.79. The summed E-state index contributed by atoms with van der Waals surface area (Å²) < 4.78 is 5.50. The van der Waals surface area contributed by atoms with Gasteiger partial charge in [-0.05, 0) is 34.7 Å². The zero-order chi connectivity index (χ0) is 10.7. The van der Waals surface area contributed by atoms with Crippen molar-refractivity contribution in [2.24, 2.45) is 0 Å². The monoisotopic (exact) mass is 317 g/mol. The molecule has 1 aromatic rings. The summed E-state index contributed by atoms with van der Waals surface area (Å²) in [6.07, 6.45) is 0. The quantitative estimate of drug-likeness (QED) is 0.585. The Kier molecular flexibility index (Phi) is 3.58. The van der Waals surface area contributed by atoms with Crippen molar-refractivity contribution < 1.29 is 9.53 Å². The van der Waals surface area contributed by atoms with Gasteiger partial charge in [0.1, 0.15) is 4.11 Å². The van der Waals surface area contributed by atoms with E-state index < -0.39 is 0 Å². The minimum Gasteiger partial charge on any atom is -0.364 e. The van der Waals surface area contributed by atoms with E-state index in [0.29, 0.717) is 19.7 Å². The minimum atomic E-state index is 0.0977. The Bertz CT molecular complexity index is 342. The van der Waals surface area contributed by atoms with Gasteiger partial charge in [-0.25, -0.2) is 0 Å². The van der Waals surface area contributed by atoms with Gasteiger partial charge in [0.15, 0.2) is 0 Å². The van der Waals surface area contributed by atoms with E-state index in [1.54, 1.807) is 0 Å². The Morgan fingerprint density at radius 1 is 1.40 bits per heavy atom. The van der Waals surface area contributed by atoms with Crippen LogP contribution >= 0.6 is 22.6 Å². The van der Waals surface area contributed by atoms with Gasteiger partial charge in [-0.2, -0.15) is 0 Å². The number of benzene rings is 1. The fraction of sp³-hybridized carbons (Fsp3) is 0.364. The topological polar surface area (TPSA) is 29.5 Å². The first kappa shape index (κ1) is 10.9. The van der Waals surface area contributed by atoms with Gasteiger partial charge < -0.3 is 9.64 Å². The maximum atomic E-state index is 12.0. The summed E-state index contributed by atoms with van der Waals surface area (Å²) in [6.45, 7) is 1.99. The molecule has 1 unspecified atom stereocenters. The maximum absolute atomic E-state index is 12.0. The van der Waals surface area contributed by atoms with E-state index in [0.717, 1.165) is 5.56 Å². The van der Waals surface area contributed by atoms with Crippen LogP contribution in [0.1, 0.15) is 10.4 Å². The fourth-order valence-corrected chi connectivity index (χ4v) is 2.29. The number of ether oxygens (including phenoxy) is 1. The predicted molar refractivity (Wildman–Crippen MR) is 66.1 cm³/mol. The molecule has 1 aliphatic heterocycles. The molecule has 3 nitrogen and oxygen atoms in total. The van der Waals surface area contributed by atoms with E-state index >= 15 is 0 Å². The molecule has 1 saturated heterocycles. The van der Waals surface area contributed by atoms with Crippen molar-refractivity contribution >= 4 is 28.5 Å². The number of carbonyl (C=O) groups is 1. The molecule has 2 rings (SSSR count). The molecular formula is C11H12INO2. The number of halogens is 1. The molecule has 1 heterocycles. The van der Waals surface area contributed by atoms with E-state index in [1.807, 2.05) is 35.2 Å². The van der Waals surface area contributed by atoms with Gasteiger partial charge in [0.25, 0.3) is 5.91 Å². The average Bonchev–Trinajstić information content (AvgIpc) is 2.29. The first-order valence-electron chi connectivity index (χ1n) is 4.87. The lowest BCUT2D eigenvalue weighted by molar-refractivity contribution is 0.0231. The highest BCUT2D eigenvalue weighted by molar-refractivity contribution is 14.1. The van der Waals surface area contributed by atoms with E-state index in [2.05, 4.69) is 22.6 Å². The fourth-order valence-electron chi connectivity index (χ4n) is 1.56. The summed E-state index contributed by atoms with van der Waals surface area (Å²) in [5.41, 5.74) is 0.753. The van der Waals surface area contributed by atoms with Crippen LogP contribution in [0.3, 0.4) is 0 Å². The molecule has 1 aliphatic rings. The van der Waals surface area contributed by atoms with Crippen LogP contribution in [0.5, 0.6) is 0 Å². The van der Waals surface area contributed by atoms with Crippen LogP contribution in [0, 0.1) is 0 Å². The van der Waals surface area contributed by atoms with E-state index in [-0.39, 0.29) is 10.0 Å². The number of hydrogen-bond acceptors (Lipinski definition) is 2. The number of alkyl halides is 1. The summed E-state index contributed by atoms with van der Waals surface area (Å²) in [5.74, 6) is 0.0977. The Morgan fingerprint density at radius 3 is 2.80 bits per heavy atom. The lowest BCUT2D eigenvalue weighted by Gasteiger charge is -2.30. The molecule has 1 amide bonds. The van der Waals surface area contributed by atoms with Gasteiger partial charge in [0.05, 0.1) is 13.2 Å². The third-order valence-electron chi connectivity index (χ3n) is 2.33. The Morgan fingerprint density at radius 2 is 2.13 bits per heavy atom. The van der Waals surface area contributed by atoms with Crippen molar-refractivity contribution in [1.29, 1.82) is 0 Å². The highest BCUT2D eigenvalue weighted by atomic mass is 127. The molecule has 0 bridgehead atoms. The summed E-state index contributed by atoms with van der Waals surface area (Å²) in [6, 6.07) is 9.38. The summed E-state index contributed by atoms with van der Waals surface area (Å²) in [4.78, 5) is 13.9. The molecule has 4 heteroatoms. The van der Waals surface area contributed by atoms with Crippen molar-refractivity contribution in [3.8, 4) is 0 Å². The number of morpholine rings is 1. The summed E-state index contributed by atoms with van der Waals surface area (Å²) >= 11 is 2.21. The molecule has 0 N–H and O–H groups in total. The first-order valence-corrected chi connectivity index (χ1v) is 6.12. The van der Waals surface area contributed by atoms with Crippen LogP contribution < -0.4 is 0 Å². The standard InChI is InChI=1S/C11H12INO2/c12-10-8-13(6-7-15-10)11(14)9-4-2-1-3-5-9/h1-5,10H,6-8H2. The van der Waals surface area contributed by atoms with Crippen molar-refractivity contribution in [2.45, 2.75) is 4.11 Å². The van der Waals surface area contributed by atoms with Crippen molar-refractivity contribution in [2.75, 3.05) is 19.7 Å². The Hall–Kier alpha value is -0.620. The Balaban J connectivity index is 2.08. The number of hydrogen-bond donors (Lipinski definition) is 0. The lowest BCUT2D eigenvalue weighted by atomic mass is 10.2. The van der Waals surface area contributed by atoms with Gasteiger partial charge >= 0.3 is 0 Å². The van der Waals surface area contributed by atoms with Gasteiger partial charge in [0, 0.05) is 12.1 Å². The van der Waals surface area contributed by atoms with Gasteiger partial charge in [-0.3, -0.25) is 4.79 Å².